The van der Waals surface area contributed by atoms with E-state index in [4.69, 9.17) is 10.5 Å². The number of nitrogens with zero attached hydrogens (tertiary/aromatic N) is 2. The largest absolute Gasteiger partial charge is 0.462 e. The van der Waals surface area contributed by atoms with Crippen LogP contribution in [0.5, 0.6) is 0 Å². The lowest BCUT2D eigenvalue weighted by atomic mass is 9.95. The number of carbonyl (C=O) groups is 1. The minimum absolute atomic E-state index is 0.268. The number of ether oxygens (including phenoxy) is 1. The summed E-state index contributed by atoms with van der Waals surface area (Å²) in [5.41, 5.74) is 7.71. The van der Waals surface area contributed by atoms with Gasteiger partial charge in [0.05, 0.1) is 23.8 Å². The van der Waals surface area contributed by atoms with Crippen LogP contribution in [0.4, 0.5) is 5.69 Å². The number of esters is 1. The smallest absolute Gasteiger partial charge is 0.338 e. The van der Waals surface area contributed by atoms with Crippen LogP contribution in [-0.4, -0.2) is 22.4 Å². The molecule has 0 saturated carbocycles. The van der Waals surface area contributed by atoms with Gasteiger partial charge in [0.15, 0.2) is 0 Å². The highest BCUT2D eigenvalue weighted by Gasteiger charge is 2.21. The number of rotatable bonds is 2. The third-order valence-corrected chi connectivity index (χ3v) is 3.44. The molecule has 0 aliphatic rings. The predicted octanol–water partition coefficient (Wildman–Crippen LogP) is 1.31. The van der Waals surface area contributed by atoms with Crippen molar-refractivity contribution in [2.75, 3.05) is 12.3 Å². The fourth-order valence-corrected chi connectivity index (χ4v) is 2.36. The third kappa shape index (κ3) is 1.93. The predicted molar refractivity (Wildman–Crippen MR) is 76.8 cm³/mol. The first-order valence-electron chi connectivity index (χ1n) is 6.31. The van der Waals surface area contributed by atoms with Crippen molar-refractivity contribution in [3.8, 4) is 0 Å². The molecule has 0 spiro atoms. The van der Waals surface area contributed by atoms with E-state index in [9.17, 15) is 9.59 Å². The van der Waals surface area contributed by atoms with Crippen molar-refractivity contribution in [2.45, 2.75) is 20.8 Å². The van der Waals surface area contributed by atoms with E-state index in [1.54, 1.807) is 34.0 Å². The number of fused-ring (bicyclic) bond motifs is 1. The van der Waals surface area contributed by atoms with E-state index in [2.05, 4.69) is 5.10 Å². The minimum Gasteiger partial charge on any atom is -0.462 e. The molecule has 0 fully saturated rings. The van der Waals surface area contributed by atoms with Gasteiger partial charge in [-0.25, -0.2) is 9.48 Å². The van der Waals surface area contributed by atoms with E-state index in [-0.39, 0.29) is 12.2 Å². The van der Waals surface area contributed by atoms with Crippen molar-refractivity contribution in [1.82, 2.24) is 9.78 Å². The van der Waals surface area contributed by atoms with Gasteiger partial charge in [0, 0.05) is 18.1 Å². The number of hydrogen-bond acceptors (Lipinski definition) is 5. The standard InChI is InChI=1S/C14H17N3O3/c1-5-20-14(19)10-7(2)11-9(12(15)8(10)3)6-16-17(4)13(11)18/h6H,5,15H2,1-4H3. The summed E-state index contributed by atoms with van der Waals surface area (Å²) in [6, 6.07) is 0. The molecular weight excluding hydrogens is 258 g/mol. The molecule has 0 aliphatic carbocycles. The highest BCUT2D eigenvalue weighted by atomic mass is 16.5. The molecule has 6 nitrogen and oxygen atoms in total. The van der Waals surface area contributed by atoms with Crippen LogP contribution in [0.15, 0.2) is 11.0 Å². The van der Waals surface area contributed by atoms with Crippen molar-refractivity contribution < 1.29 is 9.53 Å². The lowest BCUT2D eigenvalue weighted by molar-refractivity contribution is 0.0525. The Morgan fingerprint density at radius 1 is 1.40 bits per heavy atom. The Morgan fingerprint density at radius 3 is 2.65 bits per heavy atom. The van der Waals surface area contributed by atoms with Crippen molar-refractivity contribution >= 4 is 22.4 Å². The SMILES string of the molecule is CCOC(=O)c1c(C)c(N)c2cnn(C)c(=O)c2c1C. The van der Waals surface area contributed by atoms with Gasteiger partial charge in [0.2, 0.25) is 0 Å². The van der Waals surface area contributed by atoms with Crippen LogP contribution in [0, 0.1) is 13.8 Å². The normalized spacial score (nSPS) is 10.8. The van der Waals surface area contributed by atoms with Gasteiger partial charge in [-0.2, -0.15) is 5.10 Å². The van der Waals surface area contributed by atoms with Gasteiger partial charge in [-0.1, -0.05) is 0 Å². The van der Waals surface area contributed by atoms with Gasteiger partial charge in [-0.3, -0.25) is 4.79 Å². The minimum atomic E-state index is -0.463. The summed E-state index contributed by atoms with van der Waals surface area (Å²) in [4.78, 5) is 24.3. The lowest BCUT2D eigenvalue weighted by Crippen LogP contribution is -2.22. The van der Waals surface area contributed by atoms with Gasteiger partial charge in [0.1, 0.15) is 0 Å². The Balaban J connectivity index is 2.95. The summed E-state index contributed by atoms with van der Waals surface area (Å²) >= 11 is 0. The average molecular weight is 275 g/mol. The summed E-state index contributed by atoms with van der Waals surface area (Å²) in [5, 5.41) is 4.95. The zero-order chi connectivity index (χ0) is 15.0. The first-order chi connectivity index (χ1) is 9.40. The molecule has 0 aliphatic heterocycles. The Bertz CT molecular complexity index is 763. The fraction of sp³-hybridized carbons (Fsp3) is 0.357. The van der Waals surface area contributed by atoms with E-state index in [0.29, 0.717) is 33.2 Å². The number of nitrogen functional groups attached to an aromatic ring is 1. The molecule has 0 unspecified atom stereocenters. The lowest BCUT2D eigenvalue weighted by Gasteiger charge is -2.15. The van der Waals surface area contributed by atoms with Crippen LogP contribution < -0.4 is 11.3 Å². The van der Waals surface area contributed by atoms with Gasteiger partial charge in [0.25, 0.3) is 5.56 Å². The molecule has 0 amide bonds. The second kappa shape index (κ2) is 4.96. The Kier molecular flexibility index (Phi) is 3.48. The third-order valence-electron chi connectivity index (χ3n) is 3.44. The summed E-state index contributed by atoms with van der Waals surface area (Å²) < 4.78 is 6.27. The molecule has 1 aromatic carbocycles. The van der Waals surface area contributed by atoms with Crippen molar-refractivity contribution in [3.63, 3.8) is 0 Å². The molecule has 20 heavy (non-hydrogen) atoms. The Morgan fingerprint density at radius 2 is 2.05 bits per heavy atom. The summed E-state index contributed by atoms with van der Waals surface area (Å²) in [7, 11) is 1.56. The highest BCUT2D eigenvalue weighted by molar-refractivity contribution is 6.05. The maximum atomic E-state index is 12.2. The molecule has 1 heterocycles. The topological polar surface area (TPSA) is 87.2 Å². The number of benzene rings is 1. The molecule has 2 N–H and O–H groups in total. The fourth-order valence-electron chi connectivity index (χ4n) is 2.36. The molecule has 1 aromatic heterocycles. The summed E-state index contributed by atoms with van der Waals surface area (Å²) in [6.07, 6.45) is 1.54. The van der Waals surface area contributed by atoms with Crippen molar-refractivity contribution in [1.29, 1.82) is 0 Å². The van der Waals surface area contributed by atoms with E-state index < -0.39 is 5.97 Å². The van der Waals surface area contributed by atoms with Crippen LogP contribution >= 0.6 is 0 Å². The molecule has 0 bridgehead atoms. The second-order valence-corrected chi connectivity index (χ2v) is 4.62. The first-order valence-corrected chi connectivity index (χ1v) is 6.31. The van der Waals surface area contributed by atoms with E-state index in [0.717, 1.165) is 0 Å². The molecule has 2 aromatic rings. The molecular formula is C14H17N3O3. The van der Waals surface area contributed by atoms with Crippen LogP contribution in [-0.2, 0) is 11.8 Å². The monoisotopic (exact) mass is 275 g/mol. The number of aryl methyl sites for hydroxylation is 2. The molecule has 106 valence electrons. The number of aromatic nitrogens is 2. The van der Waals surface area contributed by atoms with Crippen molar-refractivity contribution in [3.05, 3.63) is 33.2 Å². The highest BCUT2D eigenvalue weighted by Crippen LogP contribution is 2.29. The summed E-state index contributed by atoms with van der Waals surface area (Å²) in [6.45, 7) is 5.47. The maximum absolute atomic E-state index is 12.2. The van der Waals surface area contributed by atoms with Crippen LogP contribution in [0.1, 0.15) is 28.4 Å². The molecule has 6 heteroatoms. The molecule has 0 atom stereocenters. The Hall–Kier alpha value is -2.37. The van der Waals surface area contributed by atoms with Gasteiger partial charge < -0.3 is 10.5 Å². The van der Waals surface area contributed by atoms with Gasteiger partial charge in [-0.15, -0.1) is 0 Å². The number of nitrogens with two attached hydrogens (primary N) is 1. The van der Waals surface area contributed by atoms with E-state index in [1.165, 1.54) is 4.68 Å². The first kappa shape index (κ1) is 14.0. The van der Waals surface area contributed by atoms with Crippen molar-refractivity contribution in [2.24, 2.45) is 7.05 Å². The molecule has 0 saturated heterocycles. The zero-order valence-corrected chi connectivity index (χ0v) is 12.0. The second-order valence-electron chi connectivity index (χ2n) is 4.62. The van der Waals surface area contributed by atoms with Crippen LogP contribution in [0.3, 0.4) is 0 Å². The molecule has 2 rings (SSSR count). The van der Waals surface area contributed by atoms with Gasteiger partial charge >= 0.3 is 5.97 Å². The van der Waals surface area contributed by atoms with Crippen LogP contribution in [0.25, 0.3) is 10.8 Å². The molecule has 0 radical (unpaired) electrons. The number of hydrogen-bond donors (Lipinski definition) is 1. The average Bonchev–Trinajstić information content (AvgIpc) is 2.39. The number of carbonyl (C=O) groups excluding carboxylic acids is 1. The van der Waals surface area contributed by atoms with E-state index in [1.807, 2.05) is 0 Å². The van der Waals surface area contributed by atoms with Gasteiger partial charge in [-0.05, 0) is 31.9 Å². The Labute approximate surface area is 116 Å². The zero-order valence-electron chi connectivity index (χ0n) is 12.0. The summed E-state index contributed by atoms with van der Waals surface area (Å²) in [5.74, 6) is -0.463. The van der Waals surface area contributed by atoms with Crippen LogP contribution in [0.2, 0.25) is 0 Å². The number of anilines is 1. The quantitative estimate of drug-likeness (QED) is 0.659. The van der Waals surface area contributed by atoms with E-state index >= 15 is 0 Å². The maximum Gasteiger partial charge on any atom is 0.338 e.